The molecule has 0 aromatic heterocycles. The molecule has 0 bridgehead atoms. The maximum atomic E-state index is 13.3. The molecule has 0 heterocycles. The first-order valence-electron chi connectivity index (χ1n) is 6.41. The van der Waals surface area contributed by atoms with Crippen LogP contribution in [0.5, 0.6) is 11.5 Å². The average molecular weight is 275 g/mol. The zero-order valence-electron chi connectivity index (χ0n) is 11.6. The minimum Gasteiger partial charge on any atom is -0.496 e. The largest absolute Gasteiger partial charge is 0.496 e. The Hall–Kier alpha value is -2.07. The van der Waals surface area contributed by atoms with Crippen molar-refractivity contribution in [2.75, 3.05) is 7.11 Å². The molecule has 2 N–H and O–H groups in total. The van der Waals surface area contributed by atoms with E-state index >= 15 is 0 Å². The summed E-state index contributed by atoms with van der Waals surface area (Å²) in [6.07, 6.45) is 0. The van der Waals surface area contributed by atoms with Gasteiger partial charge in [0.2, 0.25) is 0 Å². The molecule has 2 aromatic rings. The van der Waals surface area contributed by atoms with Crippen LogP contribution in [0.15, 0.2) is 42.5 Å². The average Bonchev–Trinajstić information content (AvgIpc) is 2.46. The molecule has 0 radical (unpaired) electrons. The number of halogens is 1. The SMILES string of the molecule is COc1ccccc1COc1ccc(F)cc1C(C)N. The van der Waals surface area contributed by atoms with E-state index in [0.717, 1.165) is 11.3 Å². The first-order valence-corrected chi connectivity index (χ1v) is 6.41. The summed E-state index contributed by atoms with van der Waals surface area (Å²) < 4.78 is 24.3. The summed E-state index contributed by atoms with van der Waals surface area (Å²) in [5.41, 5.74) is 7.42. The fourth-order valence-corrected chi connectivity index (χ4v) is 1.98. The highest BCUT2D eigenvalue weighted by molar-refractivity contribution is 5.37. The van der Waals surface area contributed by atoms with Gasteiger partial charge in [0.15, 0.2) is 0 Å². The number of benzene rings is 2. The van der Waals surface area contributed by atoms with Crippen LogP contribution >= 0.6 is 0 Å². The fourth-order valence-electron chi connectivity index (χ4n) is 1.98. The van der Waals surface area contributed by atoms with E-state index in [2.05, 4.69) is 0 Å². The molecular formula is C16H18FNO2. The van der Waals surface area contributed by atoms with Gasteiger partial charge in [0.05, 0.1) is 7.11 Å². The number of hydrogen-bond donors (Lipinski definition) is 1. The number of para-hydroxylation sites is 1. The first-order chi connectivity index (χ1) is 9.61. The van der Waals surface area contributed by atoms with E-state index in [-0.39, 0.29) is 11.9 Å². The highest BCUT2D eigenvalue weighted by Crippen LogP contribution is 2.27. The lowest BCUT2D eigenvalue weighted by Gasteiger charge is -2.15. The van der Waals surface area contributed by atoms with Crippen molar-refractivity contribution in [1.82, 2.24) is 0 Å². The van der Waals surface area contributed by atoms with Crippen molar-refractivity contribution in [3.8, 4) is 11.5 Å². The van der Waals surface area contributed by atoms with Crippen LogP contribution in [0.25, 0.3) is 0 Å². The monoisotopic (exact) mass is 275 g/mol. The summed E-state index contributed by atoms with van der Waals surface area (Å²) in [4.78, 5) is 0. The van der Waals surface area contributed by atoms with Crippen molar-refractivity contribution >= 4 is 0 Å². The van der Waals surface area contributed by atoms with Crippen molar-refractivity contribution in [2.24, 2.45) is 5.73 Å². The predicted octanol–water partition coefficient (Wildman–Crippen LogP) is 3.43. The Morgan fingerprint density at radius 3 is 2.60 bits per heavy atom. The van der Waals surface area contributed by atoms with Gasteiger partial charge in [-0.15, -0.1) is 0 Å². The molecule has 2 aromatic carbocycles. The Balaban J connectivity index is 2.19. The van der Waals surface area contributed by atoms with Crippen molar-refractivity contribution in [1.29, 1.82) is 0 Å². The lowest BCUT2D eigenvalue weighted by Crippen LogP contribution is -2.09. The standard InChI is InChI=1S/C16H18FNO2/c1-11(18)14-9-13(17)7-8-16(14)20-10-12-5-3-4-6-15(12)19-2/h3-9,11H,10,18H2,1-2H3. The van der Waals surface area contributed by atoms with Crippen molar-refractivity contribution < 1.29 is 13.9 Å². The second-order valence-corrected chi connectivity index (χ2v) is 4.57. The Morgan fingerprint density at radius 1 is 1.15 bits per heavy atom. The highest BCUT2D eigenvalue weighted by Gasteiger charge is 2.11. The lowest BCUT2D eigenvalue weighted by molar-refractivity contribution is 0.292. The van der Waals surface area contributed by atoms with E-state index in [1.807, 2.05) is 24.3 Å². The van der Waals surface area contributed by atoms with Gasteiger partial charge in [-0.2, -0.15) is 0 Å². The summed E-state index contributed by atoms with van der Waals surface area (Å²) in [6, 6.07) is 11.7. The Kier molecular flexibility index (Phi) is 4.58. The topological polar surface area (TPSA) is 44.5 Å². The van der Waals surface area contributed by atoms with Crippen LogP contribution in [-0.4, -0.2) is 7.11 Å². The number of nitrogens with two attached hydrogens (primary N) is 1. The van der Waals surface area contributed by atoms with Gasteiger partial charge < -0.3 is 15.2 Å². The summed E-state index contributed by atoms with van der Waals surface area (Å²) >= 11 is 0. The van der Waals surface area contributed by atoms with E-state index in [4.69, 9.17) is 15.2 Å². The van der Waals surface area contributed by atoms with Crippen molar-refractivity contribution in [3.63, 3.8) is 0 Å². The number of ether oxygens (including phenoxy) is 2. The molecule has 1 atom stereocenters. The molecule has 0 spiro atoms. The number of hydrogen-bond acceptors (Lipinski definition) is 3. The molecule has 3 nitrogen and oxygen atoms in total. The summed E-state index contributed by atoms with van der Waals surface area (Å²) in [6.45, 7) is 2.14. The van der Waals surface area contributed by atoms with E-state index in [1.165, 1.54) is 12.1 Å². The van der Waals surface area contributed by atoms with Gasteiger partial charge in [0.25, 0.3) is 0 Å². The third-order valence-corrected chi connectivity index (χ3v) is 3.04. The Bertz CT molecular complexity index is 584. The quantitative estimate of drug-likeness (QED) is 0.909. The maximum absolute atomic E-state index is 13.3. The summed E-state index contributed by atoms with van der Waals surface area (Å²) in [5, 5.41) is 0. The van der Waals surface area contributed by atoms with E-state index in [9.17, 15) is 4.39 Å². The summed E-state index contributed by atoms with van der Waals surface area (Å²) in [5.74, 6) is 1.03. The van der Waals surface area contributed by atoms with Crippen LogP contribution in [0.1, 0.15) is 24.1 Å². The van der Waals surface area contributed by atoms with Crippen LogP contribution < -0.4 is 15.2 Å². The molecule has 0 fully saturated rings. The second-order valence-electron chi connectivity index (χ2n) is 4.57. The van der Waals surface area contributed by atoms with Crippen LogP contribution in [-0.2, 0) is 6.61 Å². The van der Waals surface area contributed by atoms with E-state index in [0.29, 0.717) is 17.9 Å². The molecule has 4 heteroatoms. The Morgan fingerprint density at radius 2 is 1.90 bits per heavy atom. The molecule has 2 rings (SSSR count). The second kappa shape index (κ2) is 6.39. The molecule has 0 amide bonds. The summed E-state index contributed by atoms with van der Waals surface area (Å²) in [7, 11) is 1.62. The van der Waals surface area contributed by atoms with Crippen LogP contribution in [0.4, 0.5) is 4.39 Å². The predicted molar refractivity (Wildman–Crippen MR) is 76.3 cm³/mol. The van der Waals surface area contributed by atoms with E-state index in [1.54, 1.807) is 20.1 Å². The fraction of sp³-hybridized carbons (Fsp3) is 0.250. The highest BCUT2D eigenvalue weighted by atomic mass is 19.1. The van der Waals surface area contributed by atoms with Gasteiger partial charge in [-0.05, 0) is 31.2 Å². The Labute approximate surface area is 118 Å². The smallest absolute Gasteiger partial charge is 0.125 e. The third kappa shape index (κ3) is 3.27. The molecule has 20 heavy (non-hydrogen) atoms. The van der Waals surface area contributed by atoms with Gasteiger partial charge in [-0.25, -0.2) is 4.39 Å². The van der Waals surface area contributed by atoms with Crippen molar-refractivity contribution in [3.05, 3.63) is 59.4 Å². The maximum Gasteiger partial charge on any atom is 0.125 e. The zero-order chi connectivity index (χ0) is 14.5. The molecule has 0 saturated carbocycles. The van der Waals surface area contributed by atoms with Crippen LogP contribution in [0.3, 0.4) is 0 Å². The van der Waals surface area contributed by atoms with Gasteiger partial charge in [-0.3, -0.25) is 0 Å². The minimum atomic E-state index is -0.318. The van der Waals surface area contributed by atoms with Gasteiger partial charge >= 0.3 is 0 Å². The van der Waals surface area contributed by atoms with Gasteiger partial charge in [0.1, 0.15) is 23.9 Å². The molecule has 0 aliphatic heterocycles. The minimum absolute atomic E-state index is 0.293. The molecule has 0 aliphatic carbocycles. The molecule has 106 valence electrons. The molecule has 0 saturated heterocycles. The van der Waals surface area contributed by atoms with Gasteiger partial charge in [0, 0.05) is 17.2 Å². The van der Waals surface area contributed by atoms with Crippen LogP contribution in [0, 0.1) is 5.82 Å². The third-order valence-electron chi connectivity index (χ3n) is 3.04. The normalized spacial score (nSPS) is 12.0. The first kappa shape index (κ1) is 14.3. The molecular weight excluding hydrogens is 257 g/mol. The van der Waals surface area contributed by atoms with Crippen LogP contribution in [0.2, 0.25) is 0 Å². The van der Waals surface area contributed by atoms with Crippen molar-refractivity contribution in [2.45, 2.75) is 19.6 Å². The van der Waals surface area contributed by atoms with Gasteiger partial charge in [-0.1, -0.05) is 18.2 Å². The lowest BCUT2D eigenvalue weighted by atomic mass is 10.1. The van der Waals surface area contributed by atoms with E-state index < -0.39 is 0 Å². The zero-order valence-corrected chi connectivity index (χ0v) is 11.6. The molecule has 1 unspecified atom stereocenters. The number of rotatable bonds is 5. The molecule has 0 aliphatic rings. The number of methoxy groups -OCH3 is 1.